The van der Waals surface area contributed by atoms with Crippen molar-refractivity contribution in [3.63, 3.8) is 0 Å². The third kappa shape index (κ3) is 2.54. The normalized spacial score (nSPS) is 15.5. The molecular weight excluding hydrogens is 299 g/mol. The van der Waals surface area contributed by atoms with Crippen LogP contribution in [0.1, 0.15) is 33.3 Å². The van der Waals surface area contributed by atoms with Gasteiger partial charge < -0.3 is 0 Å². The van der Waals surface area contributed by atoms with E-state index >= 15 is 0 Å². The molecule has 3 rings (SSSR count). The van der Waals surface area contributed by atoms with Gasteiger partial charge in [0.2, 0.25) is 0 Å². The van der Waals surface area contributed by atoms with Crippen molar-refractivity contribution in [2.24, 2.45) is 5.84 Å². The van der Waals surface area contributed by atoms with Crippen molar-refractivity contribution in [2.45, 2.75) is 25.3 Å². The number of halogens is 2. The lowest BCUT2D eigenvalue weighted by molar-refractivity contribution is 0.646. The van der Waals surface area contributed by atoms with E-state index in [-0.39, 0.29) is 6.04 Å². The molecule has 0 aliphatic heterocycles. The summed E-state index contributed by atoms with van der Waals surface area (Å²) in [5, 5.41) is 1.35. The third-order valence-corrected chi connectivity index (χ3v) is 5.37. The van der Waals surface area contributed by atoms with Gasteiger partial charge >= 0.3 is 0 Å². The van der Waals surface area contributed by atoms with E-state index in [2.05, 4.69) is 11.5 Å². The van der Waals surface area contributed by atoms with Crippen molar-refractivity contribution in [3.8, 4) is 0 Å². The maximum absolute atomic E-state index is 6.26. The van der Waals surface area contributed by atoms with Crippen molar-refractivity contribution >= 4 is 34.5 Å². The van der Waals surface area contributed by atoms with Crippen molar-refractivity contribution in [3.05, 3.63) is 55.2 Å². The van der Waals surface area contributed by atoms with Gasteiger partial charge in [0.1, 0.15) is 0 Å². The molecule has 1 atom stereocenters. The van der Waals surface area contributed by atoms with Crippen molar-refractivity contribution in [1.29, 1.82) is 0 Å². The lowest BCUT2D eigenvalue weighted by Crippen LogP contribution is -2.28. The standard InChI is InChI=1S/C14H14Cl2N2S/c15-9-4-5-11(16)10(7-9)14(18-17)13-6-8-2-1-3-12(8)19-13/h4-7,14,18H,1-3,17H2. The van der Waals surface area contributed by atoms with E-state index in [0.717, 1.165) is 5.56 Å². The first-order valence-electron chi connectivity index (χ1n) is 6.21. The van der Waals surface area contributed by atoms with Gasteiger partial charge in [-0.05, 0) is 54.7 Å². The predicted molar refractivity (Wildman–Crippen MR) is 82.0 cm³/mol. The molecule has 0 fully saturated rings. The fraction of sp³-hybridized carbons (Fsp3) is 0.286. The fourth-order valence-electron chi connectivity index (χ4n) is 2.56. The van der Waals surface area contributed by atoms with Crippen LogP contribution in [0.2, 0.25) is 10.0 Å². The Bertz CT molecular complexity index is 588. The van der Waals surface area contributed by atoms with Crippen LogP contribution in [0.5, 0.6) is 0 Å². The van der Waals surface area contributed by atoms with E-state index in [1.165, 1.54) is 34.6 Å². The Hall–Kier alpha value is -0.580. The molecular formula is C14H14Cl2N2S. The van der Waals surface area contributed by atoms with E-state index in [0.29, 0.717) is 10.0 Å². The molecule has 19 heavy (non-hydrogen) atoms. The van der Waals surface area contributed by atoms with Crippen LogP contribution < -0.4 is 11.3 Å². The highest BCUT2D eigenvalue weighted by Crippen LogP contribution is 2.38. The van der Waals surface area contributed by atoms with Gasteiger partial charge in [-0.3, -0.25) is 5.84 Å². The number of hydrazine groups is 1. The van der Waals surface area contributed by atoms with Crippen LogP contribution in [0.4, 0.5) is 0 Å². The fourth-order valence-corrected chi connectivity index (χ4v) is 4.30. The number of benzene rings is 1. The zero-order valence-corrected chi connectivity index (χ0v) is 12.6. The average molecular weight is 313 g/mol. The third-order valence-electron chi connectivity index (χ3n) is 3.49. The van der Waals surface area contributed by atoms with E-state index in [1.807, 2.05) is 23.5 Å². The Morgan fingerprint density at radius 2 is 2.05 bits per heavy atom. The molecule has 100 valence electrons. The first kappa shape index (κ1) is 13.4. The van der Waals surface area contributed by atoms with Gasteiger partial charge in [-0.25, -0.2) is 5.43 Å². The topological polar surface area (TPSA) is 38.0 Å². The maximum atomic E-state index is 6.26. The molecule has 1 aliphatic carbocycles. The number of fused-ring (bicyclic) bond motifs is 1. The SMILES string of the molecule is NNC(c1cc2c(s1)CCC2)c1cc(Cl)ccc1Cl. The molecule has 2 aromatic rings. The summed E-state index contributed by atoms with van der Waals surface area (Å²) in [7, 11) is 0. The Morgan fingerprint density at radius 3 is 2.79 bits per heavy atom. The number of rotatable bonds is 3. The Morgan fingerprint density at radius 1 is 1.21 bits per heavy atom. The number of hydrogen-bond donors (Lipinski definition) is 2. The van der Waals surface area contributed by atoms with Gasteiger partial charge in [0, 0.05) is 19.8 Å². The largest absolute Gasteiger partial charge is 0.271 e. The van der Waals surface area contributed by atoms with E-state index in [1.54, 1.807) is 6.07 Å². The Balaban J connectivity index is 2.01. The summed E-state index contributed by atoms with van der Waals surface area (Å²) in [6.07, 6.45) is 3.62. The van der Waals surface area contributed by atoms with Crippen LogP contribution in [0.15, 0.2) is 24.3 Å². The summed E-state index contributed by atoms with van der Waals surface area (Å²) < 4.78 is 0. The second kappa shape index (κ2) is 5.43. The molecule has 0 saturated heterocycles. The van der Waals surface area contributed by atoms with E-state index < -0.39 is 0 Å². The molecule has 0 bridgehead atoms. The zero-order chi connectivity index (χ0) is 13.4. The minimum absolute atomic E-state index is 0.0956. The molecule has 0 amide bonds. The quantitative estimate of drug-likeness (QED) is 0.661. The Labute approximate surface area is 126 Å². The molecule has 1 heterocycles. The van der Waals surface area contributed by atoms with Gasteiger partial charge in [-0.15, -0.1) is 11.3 Å². The smallest absolute Gasteiger partial charge is 0.0817 e. The van der Waals surface area contributed by atoms with Gasteiger partial charge in [-0.1, -0.05) is 23.2 Å². The number of aryl methyl sites for hydroxylation is 2. The van der Waals surface area contributed by atoms with Gasteiger partial charge in [0.15, 0.2) is 0 Å². The molecule has 3 N–H and O–H groups in total. The molecule has 1 unspecified atom stereocenters. The van der Waals surface area contributed by atoms with Gasteiger partial charge in [-0.2, -0.15) is 0 Å². The van der Waals surface area contributed by atoms with E-state index in [9.17, 15) is 0 Å². The highest BCUT2D eigenvalue weighted by molar-refractivity contribution is 7.12. The highest BCUT2D eigenvalue weighted by Gasteiger charge is 2.22. The summed E-state index contributed by atoms with van der Waals surface area (Å²) in [4.78, 5) is 2.68. The molecule has 0 saturated carbocycles. The van der Waals surface area contributed by atoms with Crippen LogP contribution in [0, 0.1) is 0 Å². The van der Waals surface area contributed by atoms with Crippen LogP contribution in [-0.4, -0.2) is 0 Å². The number of hydrogen-bond acceptors (Lipinski definition) is 3. The average Bonchev–Trinajstić information content (AvgIpc) is 2.95. The number of nitrogens with two attached hydrogens (primary N) is 1. The molecule has 1 aliphatic rings. The zero-order valence-electron chi connectivity index (χ0n) is 10.2. The van der Waals surface area contributed by atoms with Crippen molar-refractivity contribution < 1.29 is 0 Å². The van der Waals surface area contributed by atoms with Crippen LogP contribution in [0.25, 0.3) is 0 Å². The second-order valence-electron chi connectivity index (χ2n) is 4.72. The summed E-state index contributed by atoms with van der Waals surface area (Å²) in [6.45, 7) is 0. The summed E-state index contributed by atoms with van der Waals surface area (Å²) in [6, 6.07) is 7.62. The minimum atomic E-state index is -0.0956. The summed E-state index contributed by atoms with van der Waals surface area (Å²) in [5.41, 5.74) is 5.24. The first-order chi connectivity index (χ1) is 9.19. The minimum Gasteiger partial charge on any atom is -0.271 e. The molecule has 1 aromatic heterocycles. The van der Waals surface area contributed by atoms with Crippen LogP contribution >= 0.6 is 34.5 Å². The molecule has 1 aromatic carbocycles. The van der Waals surface area contributed by atoms with Crippen LogP contribution in [0.3, 0.4) is 0 Å². The molecule has 0 radical (unpaired) electrons. The highest BCUT2D eigenvalue weighted by atomic mass is 35.5. The molecule has 0 spiro atoms. The molecule has 5 heteroatoms. The van der Waals surface area contributed by atoms with Crippen molar-refractivity contribution in [2.75, 3.05) is 0 Å². The second-order valence-corrected chi connectivity index (χ2v) is 6.73. The summed E-state index contributed by atoms with van der Waals surface area (Å²) >= 11 is 14.1. The van der Waals surface area contributed by atoms with E-state index in [4.69, 9.17) is 29.0 Å². The first-order valence-corrected chi connectivity index (χ1v) is 7.79. The molecule has 2 nitrogen and oxygen atoms in total. The lowest BCUT2D eigenvalue weighted by atomic mass is 10.1. The number of thiophene rings is 1. The predicted octanol–water partition coefficient (Wildman–Crippen LogP) is 4.10. The number of nitrogens with one attached hydrogen (secondary N) is 1. The maximum Gasteiger partial charge on any atom is 0.0817 e. The van der Waals surface area contributed by atoms with Gasteiger partial charge in [0.05, 0.1) is 6.04 Å². The van der Waals surface area contributed by atoms with Crippen LogP contribution in [-0.2, 0) is 12.8 Å². The Kier molecular flexibility index (Phi) is 3.83. The monoisotopic (exact) mass is 312 g/mol. The summed E-state index contributed by atoms with van der Waals surface area (Å²) in [5.74, 6) is 5.73. The lowest BCUT2D eigenvalue weighted by Gasteiger charge is -2.16. The van der Waals surface area contributed by atoms with Gasteiger partial charge in [0.25, 0.3) is 0 Å². The van der Waals surface area contributed by atoms with Crippen molar-refractivity contribution in [1.82, 2.24) is 5.43 Å².